The standard InChI is InChI=1S/C23H30OSi/c1-18(2)22(19(3)24)17-25(23(4,5)6,20-13-9-7-10-14-20)21-15-11-8-12-16-21/h7-16H,17H2,1-6H3. The van der Waals surface area contributed by atoms with E-state index in [9.17, 15) is 4.79 Å². The van der Waals surface area contributed by atoms with Gasteiger partial charge in [-0.05, 0) is 37.4 Å². The van der Waals surface area contributed by atoms with Gasteiger partial charge >= 0.3 is 0 Å². The summed E-state index contributed by atoms with van der Waals surface area (Å²) in [4.78, 5) is 12.4. The Bertz CT molecular complexity index is 708. The fourth-order valence-corrected chi connectivity index (χ4v) is 9.53. The summed E-state index contributed by atoms with van der Waals surface area (Å²) < 4.78 is 0. The highest BCUT2D eigenvalue weighted by Gasteiger charge is 2.48. The molecule has 0 N–H and O–H groups in total. The minimum absolute atomic E-state index is 0.0753. The molecular weight excluding hydrogens is 320 g/mol. The molecule has 2 aromatic rings. The highest BCUT2D eigenvalue weighted by Crippen LogP contribution is 2.40. The van der Waals surface area contributed by atoms with Crippen molar-refractivity contribution in [3.63, 3.8) is 0 Å². The Morgan fingerprint density at radius 3 is 1.48 bits per heavy atom. The largest absolute Gasteiger partial charge is 0.295 e. The molecule has 1 nitrogen and oxygen atoms in total. The summed E-state index contributed by atoms with van der Waals surface area (Å²) in [6.07, 6.45) is 0. The van der Waals surface area contributed by atoms with Crippen molar-refractivity contribution in [2.75, 3.05) is 0 Å². The lowest BCUT2D eigenvalue weighted by Gasteiger charge is -2.45. The van der Waals surface area contributed by atoms with Gasteiger partial charge in [-0.3, -0.25) is 4.79 Å². The number of rotatable bonds is 5. The van der Waals surface area contributed by atoms with Crippen molar-refractivity contribution in [2.24, 2.45) is 0 Å². The van der Waals surface area contributed by atoms with Gasteiger partial charge in [0, 0.05) is 0 Å². The molecule has 0 aliphatic carbocycles. The summed E-state index contributed by atoms with van der Waals surface area (Å²) in [5.74, 6) is 0.202. The number of Topliss-reactive ketones (excluding diaryl/α,β-unsaturated/α-hetero) is 1. The summed E-state index contributed by atoms with van der Waals surface area (Å²) in [6.45, 7) is 12.8. The second-order valence-electron chi connectivity index (χ2n) is 8.10. The van der Waals surface area contributed by atoms with Crippen LogP contribution in [0.4, 0.5) is 0 Å². The molecule has 2 heteroatoms. The van der Waals surface area contributed by atoms with Gasteiger partial charge in [-0.15, -0.1) is 0 Å². The van der Waals surface area contributed by atoms with Gasteiger partial charge in [0.05, 0.1) is 0 Å². The fourth-order valence-electron chi connectivity index (χ4n) is 3.87. The Kier molecular flexibility index (Phi) is 5.84. The Hall–Kier alpha value is -1.93. The topological polar surface area (TPSA) is 17.1 Å². The number of hydrogen-bond donors (Lipinski definition) is 0. The normalized spacial score (nSPS) is 11.9. The van der Waals surface area contributed by atoms with Crippen LogP contribution in [0, 0.1) is 0 Å². The molecule has 0 fully saturated rings. The van der Waals surface area contributed by atoms with E-state index >= 15 is 0 Å². The smallest absolute Gasteiger partial charge is 0.155 e. The van der Waals surface area contributed by atoms with Crippen LogP contribution in [-0.2, 0) is 4.79 Å². The van der Waals surface area contributed by atoms with Crippen molar-refractivity contribution in [2.45, 2.75) is 52.6 Å². The molecule has 0 bridgehead atoms. The molecule has 0 spiro atoms. The Labute approximate surface area is 153 Å². The molecule has 0 saturated heterocycles. The number of carbonyl (C=O) groups excluding carboxylic acids is 1. The molecule has 2 aromatic carbocycles. The molecule has 0 amide bonds. The molecule has 2 rings (SSSR count). The number of carbonyl (C=O) groups is 1. The van der Waals surface area contributed by atoms with E-state index < -0.39 is 8.07 Å². The maximum Gasteiger partial charge on any atom is 0.155 e. The number of benzene rings is 2. The van der Waals surface area contributed by atoms with Gasteiger partial charge in [0.25, 0.3) is 0 Å². The Morgan fingerprint density at radius 1 is 0.800 bits per heavy atom. The summed E-state index contributed by atoms with van der Waals surface area (Å²) in [5.41, 5.74) is 2.13. The first-order valence-corrected chi connectivity index (χ1v) is 11.2. The van der Waals surface area contributed by atoms with Crippen molar-refractivity contribution < 1.29 is 4.79 Å². The highest BCUT2D eigenvalue weighted by molar-refractivity contribution is 7.04. The van der Waals surface area contributed by atoms with E-state index in [1.165, 1.54) is 10.4 Å². The van der Waals surface area contributed by atoms with Crippen LogP contribution in [0.25, 0.3) is 0 Å². The maximum atomic E-state index is 12.4. The quantitative estimate of drug-likeness (QED) is 0.549. The van der Waals surface area contributed by atoms with E-state index in [1.54, 1.807) is 6.92 Å². The molecule has 0 heterocycles. The Morgan fingerprint density at radius 2 is 1.20 bits per heavy atom. The SMILES string of the molecule is CC(=O)C(C[Si](c1ccccc1)(c1ccccc1)C(C)(C)C)=C(C)C. The van der Waals surface area contributed by atoms with Gasteiger partial charge < -0.3 is 0 Å². The number of hydrogen-bond acceptors (Lipinski definition) is 1. The van der Waals surface area contributed by atoms with Crippen LogP contribution >= 0.6 is 0 Å². The van der Waals surface area contributed by atoms with E-state index in [1.807, 2.05) is 0 Å². The Balaban J connectivity index is 2.82. The molecule has 0 atom stereocenters. The average molecular weight is 351 g/mol. The van der Waals surface area contributed by atoms with E-state index in [0.29, 0.717) is 0 Å². The van der Waals surface area contributed by atoms with Crippen molar-refractivity contribution in [1.82, 2.24) is 0 Å². The first-order valence-electron chi connectivity index (χ1n) is 8.98. The van der Waals surface area contributed by atoms with Crippen LogP contribution < -0.4 is 10.4 Å². The molecule has 0 aliphatic rings. The van der Waals surface area contributed by atoms with E-state index in [-0.39, 0.29) is 10.8 Å². The molecule has 0 unspecified atom stereocenters. The van der Waals surface area contributed by atoms with Crippen LogP contribution in [0.3, 0.4) is 0 Å². The molecule has 0 saturated carbocycles. The predicted octanol–water partition coefficient (Wildman–Crippen LogP) is 4.98. The van der Waals surface area contributed by atoms with Crippen LogP contribution in [0.2, 0.25) is 11.1 Å². The van der Waals surface area contributed by atoms with Crippen LogP contribution in [0.15, 0.2) is 71.8 Å². The maximum absolute atomic E-state index is 12.4. The first kappa shape index (κ1) is 19.4. The molecule has 0 aliphatic heterocycles. The second-order valence-corrected chi connectivity index (χ2v) is 12.9. The molecular formula is C23H30OSi. The molecule has 0 aromatic heterocycles. The summed E-state index contributed by atoms with van der Waals surface area (Å²) in [5, 5.41) is 2.87. The van der Waals surface area contributed by atoms with Crippen molar-refractivity contribution in [3.05, 3.63) is 71.8 Å². The summed E-state index contributed by atoms with van der Waals surface area (Å²) >= 11 is 0. The minimum atomic E-state index is -2.22. The minimum Gasteiger partial charge on any atom is -0.295 e. The molecule has 132 valence electrons. The summed E-state index contributed by atoms with van der Waals surface area (Å²) in [6, 6.07) is 22.5. The lowest BCUT2D eigenvalue weighted by Crippen LogP contribution is -2.64. The fraction of sp³-hybridized carbons (Fsp3) is 0.348. The number of allylic oxidation sites excluding steroid dienone is 2. The zero-order chi connectivity index (χ0) is 18.7. The van der Waals surface area contributed by atoms with Crippen LogP contribution in [0.5, 0.6) is 0 Å². The number of ketones is 1. The average Bonchev–Trinajstić information content (AvgIpc) is 2.55. The third-order valence-electron chi connectivity index (χ3n) is 5.28. The molecule has 0 radical (unpaired) electrons. The monoisotopic (exact) mass is 350 g/mol. The van der Waals surface area contributed by atoms with Crippen molar-refractivity contribution >= 4 is 24.2 Å². The van der Waals surface area contributed by atoms with Crippen LogP contribution in [-0.4, -0.2) is 13.9 Å². The van der Waals surface area contributed by atoms with Crippen molar-refractivity contribution in [1.29, 1.82) is 0 Å². The second kappa shape index (κ2) is 7.53. The summed E-state index contributed by atoms with van der Waals surface area (Å²) in [7, 11) is -2.22. The van der Waals surface area contributed by atoms with E-state index in [4.69, 9.17) is 0 Å². The van der Waals surface area contributed by atoms with Gasteiger partial charge in [0.15, 0.2) is 5.78 Å². The van der Waals surface area contributed by atoms with Gasteiger partial charge in [-0.1, -0.05) is 97.4 Å². The van der Waals surface area contributed by atoms with Crippen LogP contribution in [0.1, 0.15) is 41.5 Å². The highest BCUT2D eigenvalue weighted by atomic mass is 28.3. The van der Waals surface area contributed by atoms with Crippen molar-refractivity contribution in [3.8, 4) is 0 Å². The zero-order valence-corrected chi connectivity index (χ0v) is 17.4. The van der Waals surface area contributed by atoms with Gasteiger partial charge in [-0.25, -0.2) is 0 Å². The third-order valence-corrected chi connectivity index (χ3v) is 11.4. The first-order chi connectivity index (χ1) is 11.7. The third kappa shape index (κ3) is 3.85. The van der Waals surface area contributed by atoms with Gasteiger partial charge in [0.2, 0.25) is 0 Å². The van der Waals surface area contributed by atoms with E-state index in [2.05, 4.69) is 95.3 Å². The lowest BCUT2D eigenvalue weighted by atomic mass is 10.1. The predicted molar refractivity (Wildman–Crippen MR) is 111 cm³/mol. The lowest BCUT2D eigenvalue weighted by molar-refractivity contribution is -0.113. The van der Waals surface area contributed by atoms with Gasteiger partial charge in [-0.2, -0.15) is 0 Å². The molecule has 25 heavy (non-hydrogen) atoms. The van der Waals surface area contributed by atoms with Gasteiger partial charge in [0.1, 0.15) is 8.07 Å². The zero-order valence-electron chi connectivity index (χ0n) is 16.4. The van der Waals surface area contributed by atoms with E-state index in [0.717, 1.165) is 17.2 Å².